The molecule has 4 atom stereocenters. The molecule has 142 valence electrons. The van der Waals surface area contributed by atoms with Crippen LogP contribution >= 0.6 is 0 Å². The van der Waals surface area contributed by atoms with Crippen LogP contribution in [0, 0.1) is 24.7 Å². The molecule has 0 bridgehead atoms. The standard InChI is InChI=1S/C20H29N3O3/c1-12-20(14(3)25)21-11-22(12)9-16-5-6-17-10-23(15(4)26)19(13(2)24)8-18(17)7-16/h11,16-19H,5-10H2,1-4H3/t16-,17-,18+,19-/m0/s1. The van der Waals surface area contributed by atoms with Gasteiger partial charge in [-0.3, -0.25) is 14.4 Å². The zero-order valence-corrected chi connectivity index (χ0v) is 16.2. The molecule has 2 fully saturated rings. The van der Waals surface area contributed by atoms with Gasteiger partial charge in [-0.05, 0) is 57.3 Å². The van der Waals surface area contributed by atoms with Crippen molar-refractivity contribution in [2.75, 3.05) is 6.54 Å². The van der Waals surface area contributed by atoms with E-state index in [1.54, 1.807) is 32.0 Å². The molecule has 26 heavy (non-hydrogen) atoms. The Kier molecular flexibility index (Phi) is 5.30. The molecule has 0 spiro atoms. The maximum Gasteiger partial charge on any atom is 0.220 e. The van der Waals surface area contributed by atoms with Crippen molar-refractivity contribution in [3.8, 4) is 0 Å². The molecule has 2 aliphatic rings. The van der Waals surface area contributed by atoms with Crippen LogP contribution in [0.1, 0.15) is 62.6 Å². The van der Waals surface area contributed by atoms with E-state index in [1.807, 2.05) is 6.92 Å². The first-order valence-electron chi connectivity index (χ1n) is 9.58. The number of hydrogen-bond acceptors (Lipinski definition) is 4. The van der Waals surface area contributed by atoms with E-state index in [9.17, 15) is 14.4 Å². The van der Waals surface area contributed by atoms with Crippen LogP contribution in [0.15, 0.2) is 6.33 Å². The number of likely N-dealkylation sites (tertiary alicyclic amines) is 1. The van der Waals surface area contributed by atoms with Gasteiger partial charge >= 0.3 is 0 Å². The first-order chi connectivity index (χ1) is 12.3. The van der Waals surface area contributed by atoms with Gasteiger partial charge in [0.25, 0.3) is 0 Å². The lowest BCUT2D eigenvalue weighted by molar-refractivity contribution is -0.142. The zero-order chi connectivity index (χ0) is 19.0. The summed E-state index contributed by atoms with van der Waals surface area (Å²) in [5.41, 5.74) is 1.50. The monoisotopic (exact) mass is 359 g/mol. The van der Waals surface area contributed by atoms with E-state index < -0.39 is 0 Å². The predicted octanol–water partition coefficient (Wildman–Crippen LogP) is 2.64. The highest BCUT2D eigenvalue weighted by Crippen LogP contribution is 2.41. The number of fused-ring (bicyclic) bond motifs is 1. The van der Waals surface area contributed by atoms with E-state index in [-0.39, 0.29) is 23.5 Å². The van der Waals surface area contributed by atoms with Crippen LogP contribution in [-0.4, -0.2) is 44.5 Å². The summed E-state index contributed by atoms with van der Waals surface area (Å²) in [6.07, 6.45) is 5.85. The minimum absolute atomic E-state index is 0.00543. The van der Waals surface area contributed by atoms with E-state index in [2.05, 4.69) is 9.55 Å². The maximum absolute atomic E-state index is 12.0. The molecule has 0 unspecified atom stereocenters. The molecule has 3 rings (SSSR count). The molecule has 0 aromatic carbocycles. The van der Waals surface area contributed by atoms with Crippen LogP contribution in [-0.2, 0) is 16.1 Å². The van der Waals surface area contributed by atoms with E-state index in [0.29, 0.717) is 23.4 Å². The minimum atomic E-state index is -0.258. The lowest BCUT2D eigenvalue weighted by atomic mass is 9.68. The molecule has 1 aliphatic heterocycles. The summed E-state index contributed by atoms with van der Waals surface area (Å²) in [5, 5.41) is 0. The van der Waals surface area contributed by atoms with Gasteiger partial charge in [-0.15, -0.1) is 0 Å². The number of piperidine rings is 1. The van der Waals surface area contributed by atoms with Gasteiger partial charge in [0.15, 0.2) is 11.6 Å². The highest BCUT2D eigenvalue weighted by Gasteiger charge is 2.41. The van der Waals surface area contributed by atoms with Crippen molar-refractivity contribution >= 4 is 17.5 Å². The third kappa shape index (κ3) is 3.60. The Labute approximate surface area is 155 Å². The summed E-state index contributed by atoms with van der Waals surface area (Å²) in [4.78, 5) is 41.6. The van der Waals surface area contributed by atoms with Gasteiger partial charge < -0.3 is 9.47 Å². The SMILES string of the molecule is CC(=O)c1ncn(C[C@H]2CC[C@H]3CN(C(C)=O)[C@H](C(C)=O)C[C@H]3C2)c1C. The Balaban J connectivity index is 1.68. The molecular formula is C20H29N3O3. The van der Waals surface area contributed by atoms with Crippen LogP contribution in [0.4, 0.5) is 0 Å². The van der Waals surface area contributed by atoms with Crippen LogP contribution in [0.2, 0.25) is 0 Å². The van der Waals surface area contributed by atoms with Crippen molar-refractivity contribution < 1.29 is 14.4 Å². The number of ketones is 2. The molecule has 1 saturated carbocycles. The largest absolute Gasteiger partial charge is 0.334 e. The summed E-state index contributed by atoms with van der Waals surface area (Å²) in [6.45, 7) is 8.25. The van der Waals surface area contributed by atoms with Gasteiger partial charge in [-0.25, -0.2) is 4.98 Å². The number of carbonyl (C=O) groups is 3. The third-order valence-corrected chi connectivity index (χ3v) is 6.34. The molecule has 1 aliphatic carbocycles. The summed E-state index contributed by atoms with van der Waals surface area (Å²) in [5.74, 6) is 1.64. The highest BCUT2D eigenvalue weighted by atomic mass is 16.2. The number of carbonyl (C=O) groups excluding carboxylic acids is 3. The maximum atomic E-state index is 12.0. The molecular weight excluding hydrogens is 330 g/mol. The molecule has 6 nitrogen and oxygen atoms in total. The zero-order valence-electron chi connectivity index (χ0n) is 16.2. The van der Waals surface area contributed by atoms with Gasteiger partial charge in [0, 0.05) is 32.6 Å². The van der Waals surface area contributed by atoms with E-state index >= 15 is 0 Å². The first kappa shape index (κ1) is 18.8. The molecule has 6 heteroatoms. The van der Waals surface area contributed by atoms with Crippen LogP contribution in [0.5, 0.6) is 0 Å². The van der Waals surface area contributed by atoms with Crippen LogP contribution < -0.4 is 0 Å². The summed E-state index contributed by atoms with van der Waals surface area (Å²) >= 11 is 0. The fraction of sp³-hybridized carbons (Fsp3) is 0.700. The second kappa shape index (κ2) is 7.33. The van der Waals surface area contributed by atoms with Crippen molar-refractivity contribution in [3.63, 3.8) is 0 Å². The quantitative estimate of drug-likeness (QED) is 0.775. The number of imidazole rings is 1. The second-order valence-corrected chi connectivity index (χ2v) is 8.12. The van der Waals surface area contributed by atoms with Crippen molar-refractivity contribution in [2.45, 2.75) is 66.0 Å². The second-order valence-electron chi connectivity index (χ2n) is 8.12. The molecule has 1 aromatic heterocycles. The molecule has 0 radical (unpaired) electrons. The van der Waals surface area contributed by atoms with Crippen molar-refractivity contribution in [2.24, 2.45) is 17.8 Å². The van der Waals surface area contributed by atoms with E-state index in [4.69, 9.17) is 0 Å². The number of hydrogen-bond donors (Lipinski definition) is 0. The summed E-state index contributed by atoms with van der Waals surface area (Å²) in [7, 11) is 0. The topological polar surface area (TPSA) is 72.3 Å². The normalized spacial score (nSPS) is 28.5. The molecule has 2 heterocycles. The number of Topliss-reactive ketones (excluding diaryl/α,β-unsaturated/α-hetero) is 2. The highest BCUT2D eigenvalue weighted by molar-refractivity contribution is 5.93. The fourth-order valence-electron chi connectivity index (χ4n) is 4.90. The lowest BCUT2D eigenvalue weighted by Gasteiger charge is -2.47. The van der Waals surface area contributed by atoms with Gasteiger partial charge in [0.1, 0.15) is 5.69 Å². The van der Waals surface area contributed by atoms with E-state index in [0.717, 1.165) is 44.5 Å². The van der Waals surface area contributed by atoms with Crippen molar-refractivity contribution in [3.05, 3.63) is 17.7 Å². The molecule has 1 aromatic rings. The Hall–Kier alpha value is -1.98. The van der Waals surface area contributed by atoms with Gasteiger partial charge in [-0.2, -0.15) is 0 Å². The number of amides is 1. The van der Waals surface area contributed by atoms with E-state index in [1.165, 1.54) is 0 Å². The number of aromatic nitrogens is 2. The number of rotatable bonds is 4. The van der Waals surface area contributed by atoms with Crippen LogP contribution in [0.25, 0.3) is 0 Å². The predicted molar refractivity (Wildman–Crippen MR) is 97.8 cm³/mol. The Morgan fingerprint density at radius 3 is 2.42 bits per heavy atom. The summed E-state index contributed by atoms with van der Waals surface area (Å²) < 4.78 is 2.09. The average Bonchev–Trinajstić information content (AvgIpc) is 2.94. The van der Waals surface area contributed by atoms with Gasteiger partial charge in [-0.1, -0.05) is 0 Å². The Morgan fingerprint density at radius 1 is 1.12 bits per heavy atom. The average molecular weight is 359 g/mol. The number of nitrogens with zero attached hydrogens (tertiary/aromatic N) is 3. The van der Waals surface area contributed by atoms with Gasteiger partial charge in [0.2, 0.25) is 5.91 Å². The van der Waals surface area contributed by atoms with Gasteiger partial charge in [0.05, 0.1) is 12.4 Å². The Morgan fingerprint density at radius 2 is 1.85 bits per heavy atom. The third-order valence-electron chi connectivity index (χ3n) is 6.34. The van der Waals surface area contributed by atoms with Crippen LogP contribution in [0.3, 0.4) is 0 Å². The summed E-state index contributed by atoms with van der Waals surface area (Å²) in [6, 6.07) is -0.258. The molecule has 1 amide bonds. The first-order valence-corrected chi connectivity index (χ1v) is 9.58. The van der Waals surface area contributed by atoms with Crippen molar-refractivity contribution in [1.82, 2.24) is 14.5 Å². The Bertz CT molecular complexity index is 724. The molecule has 0 N–H and O–H groups in total. The van der Waals surface area contributed by atoms with Crippen molar-refractivity contribution in [1.29, 1.82) is 0 Å². The lowest BCUT2D eigenvalue weighted by Crippen LogP contribution is -2.53. The molecule has 1 saturated heterocycles. The minimum Gasteiger partial charge on any atom is -0.334 e. The smallest absolute Gasteiger partial charge is 0.220 e. The fourth-order valence-corrected chi connectivity index (χ4v) is 4.90.